The van der Waals surface area contributed by atoms with Crippen molar-refractivity contribution in [1.82, 2.24) is 31.2 Å². The first kappa shape index (κ1) is 37.4. The van der Waals surface area contributed by atoms with E-state index < -0.39 is 122 Å². The Kier molecular flexibility index (Phi) is 15.1. The molecule has 1 rings (SSSR count). The number of imidazole rings is 1. The topological polar surface area (TPSA) is 358 Å². The molecule has 45 heavy (non-hydrogen) atoms. The second-order valence-corrected chi connectivity index (χ2v) is 9.53. The number of aliphatic carboxylic acids is 5. The molecule has 1 aromatic heterocycles. The summed E-state index contributed by atoms with van der Waals surface area (Å²) in [6.07, 6.45) is -2.21. The summed E-state index contributed by atoms with van der Waals surface area (Å²) in [6.45, 7) is 0. The van der Waals surface area contributed by atoms with Gasteiger partial charge in [0.15, 0.2) is 0 Å². The number of rotatable bonds is 21. The maximum Gasteiger partial charge on any atom is 0.326 e. The van der Waals surface area contributed by atoms with E-state index >= 15 is 0 Å². The van der Waals surface area contributed by atoms with Gasteiger partial charge in [-0.15, -0.1) is 0 Å². The van der Waals surface area contributed by atoms with Gasteiger partial charge in [-0.3, -0.25) is 38.4 Å². The Labute approximate surface area is 252 Å². The van der Waals surface area contributed by atoms with Crippen molar-refractivity contribution in [3.8, 4) is 0 Å². The monoisotopic (exact) mass is 643 g/mol. The fraction of sp³-hybridized carbons (Fsp3) is 0.500. The lowest BCUT2D eigenvalue weighted by molar-refractivity contribution is -0.144. The number of carbonyl (C=O) groups is 9. The predicted octanol–water partition coefficient (Wildman–Crippen LogP) is -4.02. The third-order valence-electron chi connectivity index (χ3n) is 5.90. The fourth-order valence-corrected chi connectivity index (χ4v) is 3.65. The molecule has 21 heteroatoms. The van der Waals surface area contributed by atoms with Gasteiger partial charge in [0.05, 0.1) is 25.2 Å². The molecule has 0 unspecified atom stereocenters. The highest BCUT2D eigenvalue weighted by molar-refractivity contribution is 5.97. The number of nitrogens with zero attached hydrogens (tertiary/aromatic N) is 1. The number of nitrogens with one attached hydrogen (secondary N) is 5. The van der Waals surface area contributed by atoms with Crippen LogP contribution in [0.3, 0.4) is 0 Å². The normalized spacial score (nSPS) is 14.0. The number of hydrogen-bond acceptors (Lipinski definition) is 11. The van der Waals surface area contributed by atoms with Crippen LogP contribution in [0.1, 0.15) is 44.2 Å². The van der Waals surface area contributed by atoms with E-state index in [1.54, 1.807) is 0 Å². The summed E-state index contributed by atoms with van der Waals surface area (Å²) in [7, 11) is 0. The number of aromatic amines is 1. The Balaban J connectivity index is 3.25. The Morgan fingerprint density at radius 2 is 1.11 bits per heavy atom. The van der Waals surface area contributed by atoms with Crippen molar-refractivity contribution in [3.63, 3.8) is 0 Å². The number of H-pyrrole nitrogens is 1. The standard InChI is InChI=1S/C24H33N7O14/c25-11(6-18(36)37)20(40)30-15(7-19(38)39)23(43)31-14(5-10-8-26-9-27-10)22(42)28-12(1-3-16(32)33)21(41)29-13(24(44)45)2-4-17(34)35/h8-9,11-15H,1-7,25H2,(H,26,27)(H,28,42)(H,29,41)(H,30,40)(H,31,43)(H,32,33)(H,34,35)(H,36,37)(H,38,39)(H,44,45)/t11-,12-,13-,14-,15-/m0/s1. The van der Waals surface area contributed by atoms with Gasteiger partial charge >= 0.3 is 29.8 Å². The SMILES string of the molecule is N[C@@H](CC(=O)O)C(=O)N[C@@H](CC(=O)O)C(=O)N[C@@H](Cc1cnc[nH]1)C(=O)N[C@@H](CCC(=O)O)C(=O)N[C@@H](CCC(=O)O)C(=O)O. The van der Waals surface area contributed by atoms with Gasteiger partial charge in [-0.05, 0) is 12.8 Å². The lowest BCUT2D eigenvalue weighted by atomic mass is 10.1. The van der Waals surface area contributed by atoms with Crippen LogP contribution in [-0.2, 0) is 49.6 Å². The molecule has 12 N–H and O–H groups in total. The van der Waals surface area contributed by atoms with Crippen LogP contribution in [0.15, 0.2) is 12.5 Å². The van der Waals surface area contributed by atoms with Crippen LogP contribution >= 0.6 is 0 Å². The van der Waals surface area contributed by atoms with Gasteiger partial charge in [0.2, 0.25) is 23.6 Å². The molecule has 0 saturated carbocycles. The van der Waals surface area contributed by atoms with Crippen LogP contribution in [0.5, 0.6) is 0 Å². The second-order valence-electron chi connectivity index (χ2n) is 9.53. The first-order valence-corrected chi connectivity index (χ1v) is 13.0. The molecule has 0 aliphatic heterocycles. The van der Waals surface area contributed by atoms with Crippen molar-refractivity contribution in [2.75, 3.05) is 0 Å². The summed E-state index contributed by atoms with van der Waals surface area (Å²) in [5.41, 5.74) is 5.70. The minimum absolute atomic E-state index is 0.240. The predicted molar refractivity (Wildman–Crippen MR) is 144 cm³/mol. The Morgan fingerprint density at radius 1 is 0.644 bits per heavy atom. The number of carboxylic acids is 5. The van der Waals surface area contributed by atoms with Gasteiger partial charge in [0.1, 0.15) is 24.2 Å². The summed E-state index contributed by atoms with van der Waals surface area (Å²) in [4.78, 5) is 114. The molecule has 5 atom stereocenters. The molecule has 0 spiro atoms. The van der Waals surface area contributed by atoms with Gasteiger partial charge < -0.3 is 57.5 Å². The Hall–Kier alpha value is -5.60. The highest BCUT2D eigenvalue weighted by atomic mass is 16.4. The maximum atomic E-state index is 13.3. The molecule has 1 aromatic rings. The van der Waals surface area contributed by atoms with Crippen molar-refractivity contribution in [1.29, 1.82) is 0 Å². The first-order chi connectivity index (χ1) is 21.0. The van der Waals surface area contributed by atoms with Crippen LogP contribution in [-0.4, -0.2) is 119 Å². The van der Waals surface area contributed by atoms with Crippen LogP contribution in [0.4, 0.5) is 0 Å². The zero-order chi connectivity index (χ0) is 34.3. The van der Waals surface area contributed by atoms with Crippen molar-refractivity contribution < 1.29 is 68.7 Å². The van der Waals surface area contributed by atoms with Crippen LogP contribution < -0.4 is 27.0 Å². The largest absolute Gasteiger partial charge is 0.481 e. The summed E-state index contributed by atoms with van der Waals surface area (Å²) in [5, 5.41) is 53.8. The molecule has 21 nitrogen and oxygen atoms in total. The average Bonchev–Trinajstić information content (AvgIpc) is 3.44. The van der Waals surface area contributed by atoms with E-state index in [0.717, 1.165) is 0 Å². The number of hydrogen-bond donors (Lipinski definition) is 11. The van der Waals surface area contributed by atoms with Gasteiger partial charge in [0.25, 0.3) is 0 Å². The quantitative estimate of drug-likeness (QED) is 0.0607. The zero-order valence-corrected chi connectivity index (χ0v) is 23.4. The van der Waals surface area contributed by atoms with Gasteiger partial charge in [-0.25, -0.2) is 9.78 Å². The third-order valence-corrected chi connectivity index (χ3v) is 5.90. The molecule has 0 saturated heterocycles. The lowest BCUT2D eigenvalue weighted by Crippen LogP contribution is -2.59. The second kappa shape index (κ2) is 18.1. The first-order valence-electron chi connectivity index (χ1n) is 13.0. The lowest BCUT2D eigenvalue weighted by Gasteiger charge is -2.25. The molecule has 0 bridgehead atoms. The van der Waals surface area contributed by atoms with E-state index in [1.807, 2.05) is 10.6 Å². The van der Waals surface area contributed by atoms with E-state index in [1.165, 1.54) is 12.5 Å². The van der Waals surface area contributed by atoms with Gasteiger partial charge in [0, 0.05) is 31.2 Å². The van der Waals surface area contributed by atoms with Crippen LogP contribution in [0.2, 0.25) is 0 Å². The van der Waals surface area contributed by atoms with Crippen molar-refractivity contribution in [3.05, 3.63) is 18.2 Å². The molecular formula is C24H33N7O14. The van der Waals surface area contributed by atoms with E-state index in [4.69, 9.17) is 21.1 Å². The molecule has 0 aliphatic rings. The molecular weight excluding hydrogens is 610 g/mol. The van der Waals surface area contributed by atoms with E-state index in [9.17, 15) is 53.4 Å². The third kappa shape index (κ3) is 14.4. The number of carboxylic acid groups (broad SMARTS) is 5. The summed E-state index contributed by atoms with van der Waals surface area (Å²) >= 11 is 0. The van der Waals surface area contributed by atoms with E-state index in [-0.39, 0.29) is 12.1 Å². The van der Waals surface area contributed by atoms with Crippen molar-refractivity contribution in [2.45, 2.75) is 75.2 Å². The maximum absolute atomic E-state index is 13.3. The minimum Gasteiger partial charge on any atom is -0.481 e. The van der Waals surface area contributed by atoms with Crippen LogP contribution in [0.25, 0.3) is 0 Å². The smallest absolute Gasteiger partial charge is 0.326 e. The highest BCUT2D eigenvalue weighted by Crippen LogP contribution is 2.07. The molecule has 0 radical (unpaired) electrons. The molecule has 0 aliphatic carbocycles. The molecule has 248 valence electrons. The number of amides is 4. The Morgan fingerprint density at radius 3 is 1.60 bits per heavy atom. The van der Waals surface area contributed by atoms with E-state index in [2.05, 4.69) is 20.6 Å². The van der Waals surface area contributed by atoms with Crippen molar-refractivity contribution >= 4 is 53.5 Å². The number of carbonyl (C=O) groups excluding carboxylic acids is 4. The fourth-order valence-electron chi connectivity index (χ4n) is 3.65. The molecule has 4 amide bonds. The molecule has 0 fully saturated rings. The summed E-state index contributed by atoms with van der Waals surface area (Å²) < 4.78 is 0. The highest BCUT2D eigenvalue weighted by Gasteiger charge is 2.33. The van der Waals surface area contributed by atoms with Gasteiger partial charge in [-0.2, -0.15) is 0 Å². The van der Waals surface area contributed by atoms with Crippen molar-refractivity contribution in [2.24, 2.45) is 5.73 Å². The molecule has 0 aromatic carbocycles. The summed E-state index contributed by atoms with van der Waals surface area (Å²) in [5.74, 6) is -12.1. The summed E-state index contributed by atoms with van der Waals surface area (Å²) in [6, 6.07) is -8.57. The zero-order valence-electron chi connectivity index (χ0n) is 23.4. The van der Waals surface area contributed by atoms with Gasteiger partial charge in [-0.1, -0.05) is 0 Å². The van der Waals surface area contributed by atoms with Crippen LogP contribution in [0, 0.1) is 0 Å². The Bertz CT molecular complexity index is 1270. The minimum atomic E-state index is -1.86. The average molecular weight is 644 g/mol. The number of nitrogens with two attached hydrogens (primary N) is 1. The number of aromatic nitrogens is 2. The molecule has 1 heterocycles. The van der Waals surface area contributed by atoms with E-state index in [0.29, 0.717) is 0 Å².